The van der Waals surface area contributed by atoms with Crippen molar-refractivity contribution in [2.24, 2.45) is 0 Å². The number of aryl methyl sites for hydroxylation is 1. The molecule has 1 aliphatic heterocycles. The van der Waals surface area contributed by atoms with E-state index in [1.807, 2.05) is 13.8 Å². The smallest absolute Gasteiger partial charge is 0.243 e. The highest BCUT2D eigenvalue weighted by molar-refractivity contribution is 5.32. The second-order valence-electron chi connectivity index (χ2n) is 5.51. The summed E-state index contributed by atoms with van der Waals surface area (Å²) in [5.74, 6) is 2.68. The Kier molecular flexibility index (Phi) is 4.71. The van der Waals surface area contributed by atoms with Crippen LogP contribution in [0.2, 0.25) is 0 Å². The lowest BCUT2D eigenvalue weighted by molar-refractivity contribution is 0.163. The molecule has 0 aliphatic carbocycles. The SMILES string of the molecule is CCOc1ccnc(N2CCN([C@@H](C)c3nc(C)no3)CC2)n1. The standard InChI is InChI=1S/C15H22N6O2/c1-4-22-13-5-6-16-15(18-13)21-9-7-20(8-10-21)11(2)14-17-12(3)19-23-14/h5-6,11H,4,7-10H2,1-3H3/t11-/m0/s1. The lowest BCUT2D eigenvalue weighted by Gasteiger charge is -2.36. The summed E-state index contributed by atoms with van der Waals surface area (Å²) in [4.78, 5) is 17.6. The van der Waals surface area contributed by atoms with Crippen molar-refractivity contribution in [3.63, 3.8) is 0 Å². The molecular formula is C15H22N6O2. The molecule has 0 amide bonds. The van der Waals surface area contributed by atoms with Crippen LogP contribution in [-0.4, -0.2) is 57.8 Å². The van der Waals surface area contributed by atoms with E-state index in [0.29, 0.717) is 24.2 Å². The average molecular weight is 318 g/mol. The molecule has 0 unspecified atom stereocenters. The van der Waals surface area contributed by atoms with Gasteiger partial charge in [-0.1, -0.05) is 5.16 Å². The van der Waals surface area contributed by atoms with Gasteiger partial charge < -0.3 is 14.2 Å². The van der Waals surface area contributed by atoms with Gasteiger partial charge in [-0.05, 0) is 20.8 Å². The molecule has 0 aromatic carbocycles. The van der Waals surface area contributed by atoms with Crippen LogP contribution in [0.3, 0.4) is 0 Å². The first-order valence-corrected chi connectivity index (χ1v) is 7.92. The van der Waals surface area contributed by atoms with Crippen molar-refractivity contribution in [3.05, 3.63) is 24.0 Å². The van der Waals surface area contributed by atoms with E-state index in [1.54, 1.807) is 12.3 Å². The largest absolute Gasteiger partial charge is 0.478 e. The topological polar surface area (TPSA) is 80.4 Å². The highest BCUT2D eigenvalue weighted by Crippen LogP contribution is 2.22. The zero-order chi connectivity index (χ0) is 16.2. The van der Waals surface area contributed by atoms with Crippen molar-refractivity contribution in [2.75, 3.05) is 37.7 Å². The Morgan fingerprint density at radius 1 is 1.26 bits per heavy atom. The number of nitrogens with zero attached hydrogens (tertiary/aromatic N) is 6. The fourth-order valence-electron chi connectivity index (χ4n) is 2.66. The third kappa shape index (κ3) is 3.58. The van der Waals surface area contributed by atoms with E-state index in [1.165, 1.54) is 0 Å². The lowest BCUT2D eigenvalue weighted by atomic mass is 10.2. The van der Waals surface area contributed by atoms with Crippen LogP contribution < -0.4 is 9.64 Å². The number of hydrogen-bond donors (Lipinski definition) is 0. The maximum Gasteiger partial charge on any atom is 0.243 e. The molecule has 1 atom stereocenters. The summed E-state index contributed by atoms with van der Waals surface area (Å²) >= 11 is 0. The zero-order valence-electron chi connectivity index (χ0n) is 13.8. The van der Waals surface area contributed by atoms with Gasteiger partial charge in [0.15, 0.2) is 5.82 Å². The molecule has 1 saturated heterocycles. The first kappa shape index (κ1) is 15.7. The zero-order valence-corrected chi connectivity index (χ0v) is 13.8. The van der Waals surface area contributed by atoms with Crippen molar-refractivity contribution in [1.29, 1.82) is 0 Å². The van der Waals surface area contributed by atoms with Gasteiger partial charge in [-0.3, -0.25) is 4.90 Å². The van der Waals surface area contributed by atoms with Crippen LogP contribution in [0.5, 0.6) is 5.88 Å². The fourth-order valence-corrected chi connectivity index (χ4v) is 2.66. The number of hydrogen-bond acceptors (Lipinski definition) is 8. The average Bonchev–Trinajstić information content (AvgIpc) is 3.01. The van der Waals surface area contributed by atoms with E-state index in [0.717, 1.165) is 32.1 Å². The first-order valence-electron chi connectivity index (χ1n) is 7.92. The Morgan fingerprint density at radius 3 is 2.70 bits per heavy atom. The van der Waals surface area contributed by atoms with Gasteiger partial charge >= 0.3 is 0 Å². The van der Waals surface area contributed by atoms with Crippen LogP contribution in [0.15, 0.2) is 16.8 Å². The van der Waals surface area contributed by atoms with E-state index < -0.39 is 0 Å². The molecule has 3 heterocycles. The number of anilines is 1. The molecule has 8 heteroatoms. The molecule has 2 aromatic heterocycles. The van der Waals surface area contributed by atoms with E-state index >= 15 is 0 Å². The van der Waals surface area contributed by atoms with Gasteiger partial charge in [0, 0.05) is 38.4 Å². The number of piperazine rings is 1. The molecule has 0 bridgehead atoms. The van der Waals surface area contributed by atoms with Crippen LogP contribution in [0.1, 0.15) is 31.6 Å². The minimum atomic E-state index is 0.119. The van der Waals surface area contributed by atoms with Crippen LogP contribution in [0.25, 0.3) is 0 Å². The Hall–Kier alpha value is -2.22. The maximum absolute atomic E-state index is 5.44. The van der Waals surface area contributed by atoms with Gasteiger partial charge in [0.05, 0.1) is 12.6 Å². The number of rotatable bonds is 5. The molecule has 1 fully saturated rings. The highest BCUT2D eigenvalue weighted by Gasteiger charge is 2.26. The molecule has 0 spiro atoms. The van der Waals surface area contributed by atoms with Gasteiger partial charge in [0.2, 0.25) is 17.7 Å². The number of ether oxygens (including phenoxy) is 1. The summed E-state index contributed by atoms with van der Waals surface area (Å²) in [5, 5.41) is 3.87. The van der Waals surface area contributed by atoms with Gasteiger partial charge in [0.1, 0.15) is 0 Å². The predicted molar refractivity (Wildman–Crippen MR) is 84.4 cm³/mol. The molecule has 124 valence electrons. The summed E-state index contributed by atoms with van der Waals surface area (Å²) in [6.45, 7) is 9.97. The van der Waals surface area contributed by atoms with Crippen LogP contribution in [-0.2, 0) is 0 Å². The second-order valence-corrected chi connectivity index (χ2v) is 5.51. The van der Waals surface area contributed by atoms with Crippen molar-refractivity contribution in [1.82, 2.24) is 25.0 Å². The highest BCUT2D eigenvalue weighted by atomic mass is 16.5. The minimum Gasteiger partial charge on any atom is -0.478 e. The Labute approximate surface area is 135 Å². The molecular weight excluding hydrogens is 296 g/mol. The molecule has 0 saturated carbocycles. The van der Waals surface area contributed by atoms with Crippen molar-refractivity contribution in [2.45, 2.75) is 26.8 Å². The second kappa shape index (κ2) is 6.91. The van der Waals surface area contributed by atoms with Gasteiger partial charge in [0.25, 0.3) is 0 Å². The molecule has 2 aromatic rings. The fraction of sp³-hybridized carbons (Fsp3) is 0.600. The van der Waals surface area contributed by atoms with E-state index in [4.69, 9.17) is 9.26 Å². The third-order valence-electron chi connectivity index (χ3n) is 3.96. The van der Waals surface area contributed by atoms with Crippen molar-refractivity contribution in [3.8, 4) is 5.88 Å². The molecule has 0 radical (unpaired) electrons. The van der Waals surface area contributed by atoms with E-state index in [2.05, 4.69) is 36.8 Å². The van der Waals surface area contributed by atoms with Gasteiger partial charge in [-0.25, -0.2) is 4.98 Å². The normalized spacial score (nSPS) is 17.3. The minimum absolute atomic E-state index is 0.119. The quantitative estimate of drug-likeness (QED) is 0.819. The lowest BCUT2D eigenvalue weighted by Crippen LogP contribution is -2.47. The molecule has 23 heavy (non-hydrogen) atoms. The van der Waals surface area contributed by atoms with Gasteiger partial charge in [-0.15, -0.1) is 0 Å². The summed E-state index contributed by atoms with van der Waals surface area (Å²) in [6.07, 6.45) is 1.74. The van der Waals surface area contributed by atoms with Crippen molar-refractivity contribution < 1.29 is 9.26 Å². The molecule has 8 nitrogen and oxygen atoms in total. The summed E-state index contributed by atoms with van der Waals surface area (Å²) in [6, 6.07) is 1.90. The molecule has 3 rings (SSSR count). The Balaban J connectivity index is 1.61. The number of aromatic nitrogens is 4. The van der Waals surface area contributed by atoms with Crippen LogP contribution in [0, 0.1) is 6.92 Å². The maximum atomic E-state index is 5.44. The molecule has 0 N–H and O–H groups in total. The summed E-state index contributed by atoms with van der Waals surface area (Å²) in [7, 11) is 0. The van der Waals surface area contributed by atoms with Crippen LogP contribution in [0.4, 0.5) is 5.95 Å². The molecule has 1 aliphatic rings. The first-order chi connectivity index (χ1) is 11.2. The van der Waals surface area contributed by atoms with Crippen LogP contribution >= 0.6 is 0 Å². The summed E-state index contributed by atoms with van der Waals surface area (Å²) in [5.41, 5.74) is 0. The Morgan fingerprint density at radius 2 is 2.04 bits per heavy atom. The van der Waals surface area contributed by atoms with E-state index in [9.17, 15) is 0 Å². The van der Waals surface area contributed by atoms with E-state index in [-0.39, 0.29) is 6.04 Å². The predicted octanol–water partition coefficient (Wildman–Crippen LogP) is 1.45. The van der Waals surface area contributed by atoms with Crippen molar-refractivity contribution >= 4 is 5.95 Å². The summed E-state index contributed by atoms with van der Waals surface area (Å²) < 4.78 is 10.7. The van der Waals surface area contributed by atoms with Gasteiger partial charge in [-0.2, -0.15) is 9.97 Å². The third-order valence-corrected chi connectivity index (χ3v) is 3.96. The monoisotopic (exact) mass is 318 g/mol. The Bertz CT molecular complexity index is 638.